The molecular formula is C26H24ClF2N3O3. The lowest BCUT2D eigenvalue weighted by Gasteiger charge is -2.30. The highest BCUT2D eigenvalue weighted by Crippen LogP contribution is 2.50. The Morgan fingerprint density at radius 2 is 1.97 bits per heavy atom. The van der Waals surface area contributed by atoms with Crippen LogP contribution >= 0.6 is 11.6 Å². The van der Waals surface area contributed by atoms with E-state index in [0.29, 0.717) is 42.9 Å². The quantitative estimate of drug-likeness (QED) is 0.371. The molecule has 0 saturated heterocycles. The van der Waals surface area contributed by atoms with E-state index in [-0.39, 0.29) is 40.5 Å². The first kappa shape index (κ1) is 23.5. The van der Waals surface area contributed by atoms with Crippen molar-refractivity contribution in [2.75, 3.05) is 31.6 Å². The fraction of sp³-hybridized carbons (Fsp3) is 0.269. The molecule has 6 nitrogen and oxygen atoms in total. The van der Waals surface area contributed by atoms with E-state index in [1.165, 1.54) is 12.1 Å². The molecule has 2 heterocycles. The second-order valence-corrected chi connectivity index (χ2v) is 9.12. The van der Waals surface area contributed by atoms with Gasteiger partial charge in [-0.15, -0.1) is 0 Å². The van der Waals surface area contributed by atoms with Crippen LogP contribution in [0.15, 0.2) is 42.5 Å². The van der Waals surface area contributed by atoms with Gasteiger partial charge in [-0.1, -0.05) is 41.9 Å². The number of nitrogens with two attached hydrogens (primary N) is 1. The monoisotopic (exact) mass is 499 g/mol. The summed E-state index contributed by atoms with van der Waals surface area (Å²) in [5, 5.41) is 15.2. The number of carbonyl (C=O) groups is 1. The molecule has 0 radical (unpaired) electrons. The molecule has 5 N–H and O–H groups in total. The molecule has 1 amide bonds. The average Bonchev–Trinajstić information content (AvgIpc) is 3.47. The number of amides is 1. The van der Waals surface area contributed by atoms with Crippen LogP contribution in [-0.4, -0.2) is 37.3 Å². The summed E-state index contributed by atoms with van der Waals surface area (Å²) in [4.78, 5) is 12.4. The van der Waals surface area contributed by atoms with E-state index in [1.54, 1.807) is 0 Å². The summed E-state index contributed by atoms with van der Waals surface area (Å²) in [6.07, 6.45) is 0.644. The summed E-state index contributed by atoms with van der Waals surface area (Å²) in [6, 6.07) is 12.1. The molecule has 1 atom stereocenters. The molecule has 2 aliphatic rings. The summed E-state index contributed by atoms with van der Waals surface area (Å²) >= 11 is 6.46. The number of halogens is 3. The van der Waals surface area contributed by atoms with Gasteiger partial charge in [0.15, 0.2) is 5.60 Å². The Labute approximate surface area is 206 Å². The van der Waals surface area contributed by atoms with Gasteiger partial charge in [0.2, 0.25) is 5.91 Å². The fourth-order valence-corrected chi connectivity index (χ4v) is 5.29. The van der Waals surface area contributed by atoms with Crippen molar-refractivity contribution in [3.05, 3.63) is 81.4 Å². The minimum absolute atomic E-state index is 0.0696. The minimum Gasteiger partial charge on any atom is -0.480 e. The third-order valence-corrected chi connectivity index (χ3v) is 7.00. The topological polar surface area (TPSA) is 96.6 Å². The highest BCUT2D eigenvalue weighted by Gasteiger charge is 2.44. The molecule has 2 aliphatic heterocycles. The summed E-state index contributed by atoms with van der Waals surface area (Å²) in [7, 11) is 0. The van der Waals surface area contributed by atoms with Gasteiger partial charge in [-0.25, -0.2) is 8.78 Å². The highest BCUT2D eigenvalue weighted by molar-refractivity contribution is 6.34. The number of nitrogens with one attached hydrogen (secondary N) is 2. The van der Waals surface area contributed by atoms with Crippen molar-refractivity contribution in [2.24, 2.45) is 5.73 Å². The molecule has 0 fully saturated rings. The van der Waals surface area contributed by atoms with Crippen molar-refractivity contribution < 1.29 is 23.4 Å². The number of benzene rings is 3. The Bertz CT molecular complexity index is 1320. The molecule has 35 heavy (non-hydrogen) atoms. The Balaban J connectivity index is 1.73. The summed E-state index contributed by atoms with van der Waals surface area (Å²) in [6.45, 7) is 1.07. The van der Waals surface area contributed by atoms with Crippen LogP contribution in [0.5, 0.6) is 5.75 Å². The molecule has 5 rings (SSSR count). The second kappa shape index (κ2) is 9.11. The number of anilines is 1. The van der Waals surface area contributed by atoms with E-state index < -0.39 is 23.1 Å². The summed E-state index contributed by atoms with van der Waals surface area (Å²) < 4.78 is 37.4. The predicted octanol–water partition coefficient (Wildman–Crippen LogP) is 3.76. The van der Waals surface area contributed by atoms with Gasteiger partial charge in [-0.2, -0.15) is 0 Å². The third-order valence-electron chi connectivity index (χ3n) is 6.63. The molecule has 9 heteroatoms. The van der Waals surface area contributed by atoms with E-state index >= 15 is 8.78 Å². The first-order valence-corrected chi connectivity index (χ1v) is 11.7. The van der Waals surface area contributed by atoms with Crippen LogP contribution in [0.25, 0.3) is 11.1 Å². The molecule has 0 spiro atoms. The van der Waals surface area contributed by atoms with Crippen molar-refractivity contribution in [3.8, 4) is 16.9 Å². The van der Waals surface area contributed by atoms with Gasteiger partial charge in [0.25, 0.3) is 0 Å². The number of carbonyl (C=O) groups excluding carboxylic acids is 1. The third kappa shape index (κ3) is 3.91. The molecule has 3 aromatic carbocycles. The standard InChI is InChI=1S/C26H24ClF2N3O3/c27-23-18(28)11-20-17(12-26(35-20,13-31-8-9-33)14-4-2-1-3-5-14)21(23)22-16(25(30)34)10-19-15(24(22)29)6-7-32-19/h1-5,10-11,31-33H,6-9,12-13H2,(H2,30,34)/t26-/m1/s1. The maximum atomic E-state index is 15.9. The Hall–Kier alpha value is -3.20. The Kier molecular flexibility index (Phi) is 6.13. The molecular weight excluding hydrogens is 476 g/mol. The number of hydrogen-bond acceptors (Lipinski definition) is 5. The molecule has 0 bridgehead atoms. The first-order chi connectivity index (χ1) is 16.9. The van der Waals surface area contributed by atoms with Crippen LogP contribution in [0.1, 0.15) is 27.0 Å². The zero-order valence-electron chi connectivity index (χ0n) is 18.8. The number of ether oxygens (including phenoxy) is 1. The van der Waals surface area contributed by atoms with E-state index in [0.717, 1.165) is 5.56 Å². The van der Waals surface area contributed by atoms with Crippen molar-refractivity contribution in [2.45, 2.75) is 18.4 Å². The van der Waals surface area contributed by atoms with Gasteiger partial charge in [0.1, 0.15) is 17.4 Å². The van der Waals surface area contributed by atoms with Gasteiger partial charge in [-0.05, 0) is 18.1 Å². The lowest BCUT2D eigenvalue weighted by molar-refractivity contribution is 0.0899. The fourth-order valence-electron chi connectivity index (χ4n) is 5.03. The van der Waals surface area contributed by atoms with E-state index in [1.807, 2.05) is 30.3 Å². The van der Waals surface area contributed by atoms with E-state index in [9.17, 15) is 9.90 Å². The first-order valence-electron chi connectivity index (χ1n) is 11.3. The lowest BCUT2D eigenvalue weighted by Crippen LogP contribution is -2.43. The minimum atomic E-state index is -0.966. The van der Waals surface area contributed by atoms with Crippen LogP contribution in [0.4, 0.5) is 14.5 Å². The lowest BCUT2D eigenvalue weighted by atomic mass is 9.84. The van der Waals surface area contributed by atoms with Gasteiger partial charge < -0.3 is 26.2 Å². The zero-order chi connectivity index (χ0) is 24.7. The second-order valence-electron chi connectivity index (χ2n) is 8.74. The van der Waals surface area contributed by atoms with Crippen LogP contribution in [-0.2, 0) is 18.4 Å². The number of fused-ring (bicyclic) bond motifs is 2. The van der Waals surface area contributed by atoms with Crippen LogP contribution in [0, 0.1) is 11.6 Å². The molecule has 182 valence electrons. The smallest absolute Gasteiger partial charge is 0.249 e. The van der Waals surface area contributed by atoms with Crippen molar-refractivity contribution in [1.82, 2.24) is 5.32 Å². The van der Waals surface area contributed by atoms with Gasteiger partial charge >= 0.3 is 0 Å². The van der Waals surface area contributed by atoms with Gasteiger partial charge in [0, 0.05) is 60.1 Å². The molecule has 0 aromatic heterocycles. The van der Waals surface area contributed by atoms with Crippen LogP contribution in [0.2, 0.25) is 5.02 Å². The highest BCUT2D eigenvalue weighted by atomic mass is 35.5. The summed E-state index contributed by atoms with van der Waals surface area (Å²) in [5.41, 5.74) is 6.74. The van der Waals surface area contributed by atoms with Crippen molar-refractivity contribution >= 4 is 23.2 Å². The molecule has 0 saturated carbocycles. The number of hydrogen-bond donors (Lipinski definition) is 4. The zero-order valence-corrected chi connectivity index (χ0v) is 19.5. The Morgan fingerprint density at radius 1 is 1.20 bits per heavy atom. The van der Waals surface area contributed by atoms with E-state index in [4.69, 9.17) is 22.1 Å². The normalized spacial score (nSPS) is 18.1. The largest absolute Gasteiger partial charge is 0.480 e. The predicted molar refractivity (Wildman–Crippen MR) is 130 cm³/mol. The number of aliphatic hydroxyl groups is 1. The maximum Gasteiger partial charge on any atom is 0.249 e. The van der Waals surface area contributed by atoms with Crippen LogP contribution in [0.3, 0.4) is 0 Å². The van der Waals surface area contributed by atoms with Crippen LogP contribution < -0.4 is 21.1 Å². The summed E-state index contributed by atoms with van der Waals surface area (Å²) in [5.74, 6) is -2.07. The average molecular weight is 500 g/mol. The number of primary amides is 1. The Morgan fingerprint density at radius 3 is 2.69 bits per heavy atom. The molecule has 0 unspecified atom stereocenters. The van der Waals surface area contributed by atoms with E-state index in [2.05, 4.69) is 10.6 Å². The SMILES string of the molecule is NC(=O)c1cc2c(c(F)c1-c1c(Cl)c(F)cc3c1C[C@@](CNCCO)(c1ccccc1)O3)CCN2. The molecule has 3 aromatic rings. The van der Waals surface area contributed by atoms with Gasteiger partial charge in [0.05, 0.1) is 17.2 Å². The molecule has 0 aliphatic carbocycles. The van der Waals surface area contributed by atoms with Gasteiger partial charge in [-0.3, -0.25) is 4.79 Å². The van der Waals surface area contributed by atoms with Crippen molar-refractivity contribution in [1.29, 1.82) is 0 Å². The van der Waals surface area contributed by atoms with Crippen molar-refractivity contribution in [3.63, 3.8) is 0 Å². The number of aliphatic hydroxyl groups excluding tert-OH is 1. The number of rotatable bonds is 7. The maximum absolute atomic E-state index is 15.9.